The maximum atomic E-state index is 13.1. The number of benzene rings is 3. The van der Waals surface area contributed by atoms with Crippen molar-refractivity contribution < 1.29 is 32.3 Å². The Morgan fingerprint density at radius 3 is 2.38 bits per heavy atom. The van der Waals surface area contributed by atoms with E-state index in [2.05, 4.69) is 64.4 Å². The van der Waals surface area contributed by atoms with Gasteiger partial charge in [-0.2, -0.15) is 4.98 Å². The van der Waals surface area contributed by atoms with Gasteiger partial charge in [-0.1, -0.05) is 29.8 Å². The number of hydrogen-bond donors (Lipinski definition) is 4. The van der Waals surface area contributed by atoms with Crippen molar-refractivity contribution >= 4 is 73.9 Å². The summed E-state index contributed by atoms with van der Waals surface area (Å²) in [6.45, 7) is 9.35. The topological polar surface area (TPSA) is 191 Å². The van der Waals surface area contributed by atoms with E-state index in [9.17, 15) is 22.8 Å². The number of nitrogens with zero attached hydrogens (tertiary/aromatic N) is 6. The Kier molecular flexibility index (Phi) is 13.0. The summed E-state index contributed by atoms with van der Waals surface area (Å²) in [5.41, 5.74) is 6.26. The highest BCUT2D eigenvalue weighted by molar-refractivity contribution is 7.92. The second-order valence-corrected chi connectivity index (χ2v) is 18.6. The van der Waals surface area contributed by atoms with E-state index < -0.39 is 16.1 Å². The molecule has 0 saturated carbocycles. The number of hydrogen-bond acceptors (Lipinski definition) is 14. The summed E-state index contributed by atoms with van der Waals surface area (Å²) in [6.07, 6.45) is 6.15. The number of carbonyl (C=O) groups is 3. The quantitative estimate of drug-likeness (QED) is 0.125. The fourth-order valence-corrected chi connectivity index (χ4v) is 9.76. The number of methoxy groups -OCH3 is 2. The number of para-hydroxylation sites is 1. The lowest BCUT2D eigenvalue weighted by Gasteiger charge is -2.43. The largest absolute Gasteiger partial charge is 0.494 e. The lowest BCUT2D eigenvalue weighted by atomic mass is 10.00. The number of sulfonamides is 1. The third-order valence-electron chi connectivity index (χ3n) is 12.3. The van der Waals surface area contributed by atoms with Gasteiger partial charge >= 0.3 is 0 Å². The molecule has 4 aromatic rings. The third-order valence-corrected chi connectivity index (χ3v) is 13.2. The molecule has 5 heterocycles. The summed E-state index contributed by atoms with van der Waals surface area (Å²) < 4.78 is 38.0. The van der Waals surface area contributed by atoms with Crippen LogP contribution in [0.4, 0.5) is 34.5 Å². The zero-order valence-corrected chi connectivity index (χ0v) is 37.4. The van der Waals surface area contributed by atoms with E-state index in [1.54, 1.807) is 30.2 Å². The summed E-state index contributed by atoms with van der Waals surface area (Å²) >= 11 is 6.50. The number of imide groups is 1. The number of fused-ring (bicyclic) bond motifs is 1. The van der Waals surface area contributed by atoms with Crippen molar-refractivity contribution in [2.45, 2.75) is 57.7 Å². The summed E-state index contributed by atoms with van der Waals surface area (Å²) in [5.74, 6) is 0.664. The maximum Gasteiger partial charge on any atom is 0.255 e. The van der Waals surface area contributed by atoms with Gasteiger partial charge in [-0.25, -0.2) is 13.4 Å². The maximum absolute atomic E-state index is 13.1. The highest BCUT2D eigenvalue weighted by atomic mass is 35.5. The molecule has 3 aromatic carbocycles. The van der Waals surface area contributed by atoms with Crippen LogP contribution in [0.1, 0.15) is 52.7 Å². The molecule has 4 aliphatic heterocycles. The molecule has 1 atom stereocenters. The van der Waals surface area contributed by atoms with E-state index in [0.717, 1.165) is 88.1 Å². The molecule has 0 spiro atoms. The van der Waals surface area contributed by atoms with Crippen LogP contribution in [0.5, 0.6) is 11.5 Å². The Morgan fingerprint density at radius 2 is 1.67 bits per heavy atom. The van der Waals surface area contributed by atoms with Crippen LogP contribution in [0.2, 0.25) is 5.02 Å². The monoisotopic (exact) mass is 900 g/mol. The van der Waals surface area contributed by atoms with Crippen molar-refractivity contribution in [3.05, 3.63) is 82.0 Å². The molecule has 0 radical (unpaired) electrons. The second kappa shape index (κ2) is 18.6. The first-order valence-electron chi connectivity index (χ1n) is 21.1. The number of rotatable bonds is 14. The van der Waals surface area contributed by atoms with Crippen molar-refractivity contribution in [3.8, 4) is 11.5 Å². The molecule has 3 fully saturated rings. The molecule has 4 N–H and O–H groups in total. The van der Waals surface area contributed by atoms with Crippen molar-refractivity contribution in [1.82, 2.24) is 30.0 Å². The average molecular weight is 901 g/mol. The van der Waals surface area contributed by atoms with Crippen molar-refractivity contribution in [2.75, 3.05) is 86.5 Å². The Hall–Kier alpha value is -5.69. The van der Waals surface area contributed by atoms with Crippen LogP contribution in [-0.4, -0.2) is 129 Å². The minimum atomic E-state index is -3.62. The summed E-state index contributed by atoms with van der Waals surface area (Å²) in [4.78, 5) is 55.4. The predicted octanol–water partition coefficient (Wildman–Crippen LogP) is 4.90. The van der Waals surface area contributed by atoms with Crippen LogP contribution in [0.15, 0.2) is 54.7 Å². The van der Waals surface area contributed by atoms with Gasteiger partial charge in [0.05, 0.1) is 38.0 Å². The molecule has 19 heteroatoms. The van der Waals surface area contributed by atoms with Crippen LogP contribution in [-0.2, 0) is 32.6 Å². The van der Waals surface area contributed by atoms with Gasteiger partial charge in [0, 0.05) is 82.1 Å². The van der Waals surface area contributed by atoms with E-state index in [1.165, 1.54) is 18.9 Å². The van der Waals surface area contributed by atoms with Gasteiger partial charge in [0.25, 0.3) is 5.91 Å². The Balaban J connectivity index is 0.829. The molecule has 63 heavy (non-hydrogen) atoms. The molecular formula is C44H53ClN10O7S. The van der Waals surface area contributed by atoms with Crippen LogP contribution < -0.4 is 35.0 Å². The number of ether oxygens (including phenoxy) is 2. The van der Waals surface area contributed by atoms with E-state index in [0.29, 0.717) is 47.4 Å². The average Bonchev–Trinajstić information content (AvgIpc) is 3.59. The first-order chi connectivity index (χ1) is 30.3. The van der Waals surface area contributed by atoms with Crippen molar-refractivity contribution in [3.63, 3.8) is 0 Å². The van der Waals surface area contributed by atoms with Gasteiger partial charge in [-0.05, 0) is 73.6 Å². The van der Waals surface area contributed by atoms with Gasteiger partial charge in [-0.15, -0.1) is 0 Å². The number of piperazine rings is 1. The second-order valence-electron chi connectivity index (χ2n) is 16.5. The molecule has 4 aliphatic rings. The highest BCUT2D eigenvalue weighted by Crippen LogP contribution is 2.39. The zero-order valence-electron chi connectivity index (χ0n) is 35.9. The number of carbonyl (C=O) groups excluding carboxylic acids is 3. The fourth-order valence-electron chi connectivity index (χ4n) is 9.04. The Labute approximate surface area is 372 Å². The minimum absolute atomic E-state index is 0.140. The van der Waals surface area contributed by atoms with E-state index in [4.69, 9.17) is 21.1 Å². The Morgan fingerprint density at radius 1 is 0.905 bits per heavy atom. The zero-order chi connectivity index (χ0) is 44.4. The molecule has 1 aromatic heterocycles. The van der Waals surface area contributed by atoms with E-state index in [-0.39, 0.29) is 46.6 Å². The summed E-state index contributed by atoms with van der Waals surface area (Å²) in [6, 6.07) is 15.1. The van der Waals surface area contributed by atoms with E-state index >= 15 is 0 Å². The number of halogens is 1. The Bertz CT molecular complexity index is 2510. The predicted molar refractivity (Wildman–Crippen MR) is 242 cm³/mol. The van der Waals surface area contributed by atoms with Gasteiger partial charge in [0.1, 0.15) is 28.3 Å². The summed E-state index contributed by atoms with van der Waals surface area (Å²) in [5, 5.41) is 8.99. The molecule has 3 saturated heterocycles. The van der Waals surface area contributed by atoms with Crippen molar-refractivity contribution in [2.24, 2.45) is 0 Å². The smallest absolute Gasteiger partial charge is 0.255 e. The van der Waals surface area contributed by atoms with Crippen LogP contribution in [0, 0.1) is 6.92 Å². The lowest BCUT2D eigenvalue weighted by molar-refractivity contribution is -0.136. The fraction of sp³-hybridized carbons (Fsp3) is 0.432. The molecule has 8 rings (SSSR count). The number of aromatic nitrogens is 2. The standard InChI is InChI=1S/C44H53ClN10O7S/c1-27-22-34(48-44-46-25-32(45)41(50-44)47-33-6-5-7-37(61-2)40(33)51-63(4,59)60)38(62-3)24-36(27)54-16-13-30(14-17-54)53-20-18-52(19-21-53)15-12-28-8-9-31-29(23-28)26-55(43(31)58)35-10-11-39(56)49-42(35)57/h5-9,22-25,30,35,51H,10-21,26H2,1-4H3,(H,49,56,57)(H2,46,47,48,50). The molecule has 0 bridgehead atoms. The van der Waals surface area contributed by atoms with Gasteiger partial charge in [-0.3, -0.25) is 29.3 Å². The molecule has 334 valence electrons. The molecule has 1 unspecified atom stereocenters. The normalized spacial score (nSPS) is 18.9. The first-order valence-corrected chi connectivity index (χ1v) is 23.4. The molecule has 0 aliphatic carbocycles. The van der Waals surface area contributed by atoms with Crippen LogP contribution in [0.25, 0.3) is 0 Å². The number of aryl methyl sites for hydroxylation is 1. The molecular weight excluding hydrogens is 848 g/mol. The summed E-state index contributed by atoms with van der Waals surface area (Å²) in [7, 11) is -0.537. The van der Waals surface area contributed by atoms with Gasteiger partial charge < -0.3 is 34.8 Å². The SMILES string of the molecule is COc1cc(N2CCC(N3CCN(CCc4ccc5c(c4)CN(C4CCC(=O)NC4=O)C5=O)CC3)CC2)c(C)cc1Nc1ncc(Cl)c(Nc2cccc(OC)c2NS(C)(=O)=O)n1. The third kappa shape index (κ3) is 9.93. The number of nitrogens with one attached hydrogen (secondary N) is 4. The number of piperidine rings is 2. The number of amides is 3. The highest BCUT2D eigenvalue weighted by Gasteiger charge is 2.39. The van der Waals surface area contributed by atoms with Gasteiger partial charge in [0.15, 0.2) is 5.82 Å². The van der Waals surface area contributed by atoms with Crippen molar-refractivity contribution in [1.29, 1.82) is 0 Å². The minimum Gasteiger partial charge on any atom is -0.494 e. The number of anilines is 6. The van der Waals surface area contributed by atoms with Gasteiger partial charge in [0.2, 0.25) is 27.8 Å². The van der Waals surface area contributed by atoms with Crippen LogP contribution in [0.3, 0.4) is 0 Å². The van der Waals surface area contributed by atoms with E-state index in [1.807, 2.05) is 18.2 Å². The lowest BCUT2D eigenvalue weighted by Crippen LogP contribution is -2.53. The molecule has 17 nitrogen and oxygen atoms in total. The first kappa shape index (κ1) is 43.9. The van der Waals surface area contributed by atoms with Crippen LogP contribution >= 0.6 is 11.6 Å². The molecule has 3 amide bonds.